The van der Waals surface area contributed by atoms with Gasteiger partial charge in [-0.2, -0.15) is 0 Å². The molecular weight excluding hydrogens is 233 g/mol. The third-order valence-corrected chi connectivity index (χ3v) is 2.52. The van der Waals surface area contributed by atoms with Gasteiger partial charge in [0.15, 0.2) is 0 Å². The molecule has 4 N–H and O–H groups in total. The van der Waals surface area contributed by atoms with E-state index in [1.807, 2.05) is 6.92 Å². The van der Waals surface area contributed by atoms with Crippen LogP contribution in [0.3, 0.4) is 0 Å². The maximum atomic E-state index is 13.1. The fraction of sp³-hybridized carbons (Fsp3) is 0.167. The smallest absolute Gasteiger partial charge is 0.148 e. The minimum Gasteiger partial charge on any atom is -0.340 e. The molecule has 1 aromatic carbocycles. The molecule has 6 heteroatoms. The molecule has 0 aliphatic rings. The van der Waals surface area contributed by atoms with Gasteiger partial charge in [-0.15, -0.1) is 0 Å². The van der Waals surface area contributed by atoms with Crippen LogP contribution < -0.4 is 16.6 Å². The van der Waals surface area contributed by atoms with Crippen molar-refractivity contribution >= 4 is 17.3 Å². The zero-order valence-electron chi connectivity index (χ0n) is 9.94. The minimum absolute atomic E-state index is 0.302. The maximum Gasteiger partial charge on any atom is 0.148 e. The molecule has 0 fully saturated rings. The van der Waals surface area contributed by atoms with Gasteiger partial charge in [0.25, 0.3) is 0 Å². The number of hydrogen-bond donors (Lipinski definition) is 3. The summed E-state index contributed by atoms with van der Waals surface area (Å²) >= 11 is 0. The fourth-order valence-electron chi connectivity index (χ4n) is 1.68. The second-order valence-corrected chi connectivity index (χ2v) is 3.68. The summed E-state index contributed by atoms with van der Waals surface area (Å²) in [5.74, 6) is 6.26. The largest absolute Gasteiger partial charge is 0.340 e. The van der Waals surface area contributed by atoms with Gasteiger partial charge in [-0.25, -0.2) is 20.2 Å². The zero-order chi connectivity index (χ0) is 13.0. The van der Waals surface area contributed by atoms with Crippen LogP contribution in [0.25, 0.3) is 0 Å². The monoisotopic (exact) mass is 247 g/mol. The van der Waals surface area contributed by atoms with Gasteiger partial charge in [-0.3, -0.25) is 0 Å². The van der Waals surface area contributed by atoms with Crippen LogP contribution in [-0.4, -0.2) is 9.97 Å². The van der Waals surface area contributed by atoms with Gasteiger partial charge in [0.05, 0.1) is 0 Å². The maximum absolute atomic E-state index is 13.1. The quantitative estimate of drug-likeness (QED) is 0.570. The van der Waals surface area contributed by atoms with E-state index in [2.05, 4.69) is 20.7 Å². The number of halogens is 1. The number of anilines is 3. The van der Waals surface area contributed by atoms with Crippen LogP contribution in [0.1, 0.15) is 12.5 Å². The highest BCUT2D eigenvalue weighted by Gasteiger charge is 2.09. The first kappa shape index (κ1) is 12.3. The molecule has 0 aliphatic carbocycles. The zero-order valence-corrected chi connectivity index (χ0v) is 9.94. The van der Waals surface area contributed by atoms with E-state index >= 15 is 0 Å². The molecule has 0 bridgehead atoms. The predicted molar refractivity (Wildman–Crippen MR) is 68.9 cm³/mol. The lowest BCUT2D eigenvalue weighted by Crippen LogP contribution is -2.13. The van der Waals surface area contributed by atoms with Crippen molar-refractivity contribution in [3.8, 4) is 0 Å². The first-order valence-electron chi connectivity index (χ1n) is 5.57. The van der Waals surface area contributed by atoms with E-state index in [-0.39, 0.29) is 5.82 Å². The van der Waals surface area contributed by atoms with Crippen LogP contribution in [0.4, 0.5) is 21.7 Å². The van der Waals surface area contributed by atoms with Gasteiger partial charge in [0, 0.05) is 11.3 Å². The Morgan fingerprint density at radius 3 is 2.72 bits per heavy atom. The summed E-state index contributed by atoms with van der Waals surface area (Å²) in [6.07, 6.45) is 2.11. The molecule has 94 valence electrons. The first-order valence-corrected chi connectivity index (χ1v) is 5.57. The van der Waals surface area contributed by atoms with E-state index in [0.29, 0.717) is 23.7 Å². The van der Waals surface area contributed by atoms with Crippen LogP contribution in [0, 0.1) is 5.82 Å². The van der Waals surface area contributed by atoms with E-state index in [1.165, 1.54) is 18.5 Å². The molecule has 2 rings (SSSR count). The van der Waals surface area contributed by atoms with Crippen LogP contribution >= 0.6 is 0 Å². The molecule has 5 nitrogen and oxygen atoms in total. The average Bonchev–Trinajstić information content (AvgIpc) is 2.38. The number of nitrogens with zero attached hydrogens (tertiary/aromatic N) is 2. The van der Waals surface area contributed by atoms with E-state index in [9.17, 15) is 4.39 Å². The number of nitrogens with two attached hydrogens (primary N) is 1. The lowest BCUT2D eigenvalue weighted by atomic mass is 10.2. The molecule has 0 spiro atoms. The Balaban J connectivity index is 2.34. The van der Waals surface area contributed by atoms with Crippen LogP contribution in [0.5, 0.6) is 0 Å². The Labute approximate surface area is 104 Å². The van der Waals surface area contributed by atoms with Crippen molar-refractivity contribution in [2.24, 2.45) is 5.84 Å². The number of nitrogens with one attached hydrogen (secondary N) is 2. The topological polar surface area (TPSA) is 75.9 Å². The van der Waals surface area contributed by atoms with E-state index in [1.54, 1.807) is 12.1 Å². The Hall–Kier alpha value is -2.21. The van der Waals surface area contributed by atoms with E-state index < -0.39 is 0 Å². The summed E-state index contributed by atoms with van der Waals surface area (Å²) in [6, 6.07) is 6.18. The normalized spacial score (nSPS) is 10.2. The Morgan fingerprint density at radius 1 is 1.28 bits per heavy atom. The van der Waals surface area contributed by atoms with Crippen molar-refractivity contribution in [2.75, 3.05) is 10.7 Å². The number of hydrazine groups is 1. The second-order valence-electron chi connectivity index (χ2n) is 3.68. The Kier molecular flexibility index (Phi) is 3.69. The SMILES string of the molecule is CCc1c(NN)ncnc1Nc1cccc(F)c1. The molecule has 1 aromatic heterocycles. The van der Waals surface area contributed by atoms with Gasteiger partial charge in [-0.1, -0.05) is 13.0 Å². The lowest BCUT2D eigenvalue weighted by Gasteiger charge is -2.12. The summed E-state index contributed by atoms with van der Waals surface area (Å²) in [5.41, 5.74) is 4.00. The van der Waals surface area contributed by atoms with Gasteiger partial charge < -0.3 is 10.7 Å². The van der Waals surface area contributed by atoms with Crippen molar-refractivity contribution in [1.29, 1.82) is 0 Å². The number of benzene rings is 1. The van der Waals surface area contributed by atoms with Crippen molar-refractivity contribution in [2.45, 2.75) is 13.3 Å². The predicted octanol–water partition coefficient (Wildman–Crippen LogP) is 2.21. The van der Waals surface area contributed by atoms with Crippen molar-refractivity contribution < 1.29 is 4.39 Å². The highest BCUT2D eigenvalue weighted by molar-refractivity contribution is 5.64. The number of rotatable bonds is 4. The third-order valence-electron chi connectivity index (χ3n) is 2.52. The highest BCUT2D eigenvalue weighted by Crippen LogP contribution is 2.23. The molecular formula is C12H14FN5. The molecule has 1 heterocycles. The van der Waals surface area contributed by atoms with Gasteiger partial charge in [0.1, 0.15) is 23.8 Å². The fourth-order valence-corrected chi connectivity index (χ4v) is 1.68. The summed E-state index contributed by atoms with van der Waals surface area (Å²) < 4.78 is 13.1. The number of hydrogen-bond acceptors (Lipinski definition) is 5. The van der Waals surface area contributed by atoms with Crippen LogP contribution in [0.15, 0.2) is 30.6 Å². The third kappa shape index (κ3) is 2.54. The van der Waals surface area contributed by atoms with Gasteiger partial charge in [0.2, 0.25) is 0 Å². The minimum atomic E-state index is -0.302. The number of nitrogen functional groups attached to an aromatic ring is 1. The summed E-state index contributed by atoms with van der Waals surface area (Å²) in [7, 11) is 0. The molecule has 18 heavy (non-hydrogen) atoms. The number of aromatic nitrogens is 2. The second kappa shape index (κ2) is 5.42. The molecule has 0 atom stereocenters. The molecule has 0 radical (unpaired) electrons. The lowest BCUT2D eigenvalue weighted by molar-refractivity contribution is 0.628. The van der Waals surface area contributed by atoms with E-state index in [0.717, 1.165) is 5.56 Å². The van der Waals surface area contributed by atoms with Gasteiger partial charge in [-0.05, 0) is 24.6 Å². The van der Waals surface area contributed by atoms with E-state index in [4.69, 9.17) is 5.84 Å². The molecule has 0 unspecified atom stereocenters. The molecule has 0 saturated carbocycles. The Bertz CT molecular complexity index is 544. The molecule has 2 aromatic rings. The summed E-state index contributed by atoms with van der Waals surface area (Å²) in [6.45, 7) is 1.97. The summed E-state index contributed by atoms with van der Waals surface area (Å²) in [4.78, 5) is 8.17. The van der Waals surface area contributed by atoms with Crippen molar-refractivity contribution in [3.63, 3.8) is 0 Å². The molecule has 0 saturated heterocycles. The highest BCUT2D eigenvalue weighted by atomic mass is 19.1. The summed E-state index contributed by atoms with van der Waals surface area (Å²) in [5, 5.41) is 3.05. The molecule has 0 aliphatic heterocycles. The van der Waals surface area contributed by atoms with Crippen molar-refractivity contribution in [1.82, 2.24) is 9.97 Å². The standard InChI is InChI=1S/C12H14FN5/c1-2-10-11(15-7-16-12(10)18-14)17-9-5-3-4-8(13)6-9/h3-7H,2,14H2,1H3,(H2,15,16,17,18). The van der Waals surface area contributed by atoms with Crippen LogP contribution in [-0.2, 0) is 6.42 Å². The van der Waals surface area contributed by atoms with Crippen molar-refractivity contribution in [3.05, 3.63) is 42.0 Å². The van der Waals surface area contributed by atoms with Gasteiger partial charge >= 0.3 is 0 Å². The molecule has 0 amide bonds. The Morgan fingerprint density at radius 2 is 2.06 bits per heavy atom. The average molecular weight is 247 g/mol. The first-order chi connectivity index (χ1) is 8.74. The van der Waals surface area contributed by atoms with Crippen LogP contribution in [0.2, 0.25) is 0 Å².